The Hall–Kier alpha value is -2.08. The van der Waals surface area contributed by atoms with E-state index in [4.69, 9.17) is 4.74 Å². The summed E-state index contributed by atoms with van der Waals surface area (Å²) in [5.74, 6) is 0.168. The molecule has 0 unspecified atom stereocenters. The molecule has 0 aromatic heterocycles. The van der Waals surface area contributed by atoms with Gasteiger partial charge in [-0.15, -0.1) is 0 Å². The van der Waals surface area contributed by atoms with Gasteiger partial charge in [-0.2, -0.15) is 0 Å². The van der Waals surface area contributed by atoms with Crippen molar-refractivity contribution in [3.63, 3.8) is 0 Å². The van der Waals surface area contributed by atoms with Crippen LogP contribution in [-0.4, -0.2) is 60.6 Å². The molecule has 3 atom stereocenters. The van der Waals surface area contributed by atoms with Crippen molar-refractivity contribution in [1.29, 1.82) is 0 Å². The molecule has 0 radical (unpaired) electrons. The molecule has 140 valence electrons. The smallest absolute Gasteiger partial charge is 0.409 e. The summed E-state index contributed by atoms with van der Waals surface area (Å²) >= 11 is 0. The van der Waals surface area contributed by atoms with Crippen molar-refractivity contribution < 1.29 is 14.3 Å². The van der Waals surface area contributed by atoms with E-state index in [0.717, 1.165) is 32.2 Å². The molecule has 26 heavy (non-hydrogen) atoms. The monoisotopic (exact) mass is 357 g/mol. The van der Waals surface area contributed by atoms with Gasteiger partial charge in [0.05, 0.1) is 12.5 Å². The third-order valence-electron chi connectivity index (χ3n) is 5.94. The first kappa shape index (κ1) is 17.3. The average molecular weight is 357 g/mol. The molecule has 3 aliphatic heterocycles. The standard InChI is InChI=1S/C20H27N3O3/c24-19(21-9-12-22-10-5-13-26-20(22)25)16-14-18(15-6-2-1-3-7-15)23-11-4-8-17(16)23/h1-3,6-7,16-18H,4-5,8-14H2,(H,21,24)/t16-,17+,18-/m0/s1. The van der Waals surface area contributed by atoms with Crippen molar-refractivity contribution in [3.8, 4) is 0 Å². The predicted octanol–water partition coefficient (Wildman–Crippen LogP) is 2.17. The minimum absolute atomic E-state index is 0.0380. The van der Waals surface area contributed by atoms with Crippen LogP contribution in [-0.2, 0) is 9.53 Å². The van der Waals surface area contributed by atoms with Gasteiger partial charge < -0.3 is 15.0 Å². The van der Waals surface area contributed by atoms with Crippen LogP contribution in [0.25, 0.3) is 0 Å². The Morgan fingerprint density at radius 2 is 2.04 bits per heavy atom. The summed E-state index contributed by atoms with van der Waals surface area (Å²) in [5, 5.41) is 3.06. The number of rotatable bonds is 5. The summed E-state index contributed by atoms with van der Waals surface area (Å²) in [6.07, 6.45) is 3.74. The summed E-state index contributed by atoms with van der Waals surface area (Å²) in [4.78, 5) is 28.7. The zero-order valence-electron chi connectivity index (χ0n) is 15.1. The average Bonchev–Trinajstić information content (AvgIpc) is 3.26. The van der Waals surface area contributed by atoms with Crippen LogP contribution in [0.1, 0.15) is 37.3 Å². The van der Waals surface area contributed by atoms with E-state index in [1.54, 1.807) is 4.90 Å². The van der Waals surface area contributed by atoms with Gasteiger partial charge in [0.2, 0.25) is 5.91 Å². The molecule has 3 heterocycles. The number of hydrogen-bond donors (Lipinski definition) is 1. The third kappa shape index (κ3) is 3.43. The summed E-state index contributed by atoms with van der Waals surface area (Å²) in [6.45, 7) is 3.31. The molecule has 0 aliphatic carbocycles. The lowest BCUT2D eigenvalue weighted by molar-refractivity contribution is -0.125. The van der Waals surface area contributed by atoms with Crippen LogP contribution in [0.2, 0.25) is 0 Å². The predicted molar refractivity (Wildman–Crippen MR) is 97.6 cm³/mol. The maximum Gasteiger partial charge on any atom is 0.409 e. The van der Waals surface area contributed by atoms with Gasteiger partial charge in [0, 0.05) is 31.7 Å². The molecule has 1 aromatic rings. The minimum atomic E-state index is -0.266. The summed E-state index contributed by atoms with van der Waals surface area (Å²) in [5.41, 5.74) is 1.31. The van der Waals surface area contributed by atoms with Crippen LogP contribution in [0.15, 0.2) is 30.3 Å². The highest BCUT2D eigenvalue weighted by molar-refractivity contribution is 5.80. The van der Waals surface area contributed by atoms with Gasteiger partial charge in [-0.05, 0) is 37.8 Å². The fourth-order valence-corrected chi connectivity index (χ4v) is 4.70. The molecule has 4 rings (SSSR count). The Morgan fingerprint density at radius 1 is 1.19 bits per heavy atom. The zero-order chi connectivity index (χ0) is 17.9. The molecular formula is C20H27N3O3. The van der Waals surface area contributed by atoms with Gasteiger partial charge in [-0.25, -0.2) is 4.79 Å². The highest BCUT2D eigenvalue weighted by Gasteiger charge is 2.46. The second-order valence-corrected chi connectivity index (χ2v) is 7.46. The SMILES string of the molecule is O=C(NCCN1CCCOC1=O)[C@H]1C[C@@H](c2ccccc2)N2CCC[C@H]12. The first-order chi connectivity index (χ1) is 12.7. The number of fused-ring (bicyclic) bond motifs is 1. The number of cyclic esters (lactones) is 1. The van der Waals surface area contributed by atoms with Crippen molar-refractivity contribution in [2.75, 3.05) is 32.8 Å². The number of amides is 2. The van der Waals surface area contributed by atoms with Crippen LogP contribution < -0.4 is 5.32 Å². The highest BCUT2D eigenvalue weighted by Crippen LogP contribution is 2.44. The largest absolute Gasteiger partial charge is 0.449 e. The first-order valence-corrected chi connectivity index (χ1v) is 9.74. The van der Waals surface area contributed by atoms with Gasteiger partial charge in [0.25, 0.3) is 0 Å². The second kappa shape index (κ2) is 7.66. The lowest BCUT2D eigenvalue weighted by Crippen LogP contribution is -2.44. The van der Waals surface area contributed by atoms with Gasteiger partial charge in [-0.1, -0.05) is 30.3 Å². The van der Waals surface area contributed by atoms with Crippen molar-refractivity contribution in [3.05, 3.63) is 35.9 Å². The maximum atomic E-state index is 12.8. The number of carbonyl (C=O) groups is 2. The fraction of sp³-hybridized carbons (Fsp3) is 0.600. The lowest BCUT2D eigenvalue weighted by Gasteiger charge is -2.26. The van der Waals surface area contributed by atoms with E-state index >= 15 is 0 Å². The Bertz CT molecular complexity index is 651. The Balaban J connectivity index is 1.34. The van der Waals surface area contributed by atoms with E-state index < -0.39 is 0 Å². The third-order valence-corrected chi connectivity index (χ3v) is 5.94. The van der Waals surface area contributed by atoms with E-state index in [9.17, 15) is 9.59 Å². The Morgan fingerprint density at radius 3 is 2.85 bits per heavy atom. The Labute approximate surface area is 154 Å². The summed E-state index contributed by atoms with van der Waals surface area (Å²) in [7, 11) is 0. The van der Waals surface area contributed by atoms with Gasteiger partial charge in [0.15, 0.2) is 0 Å². The normalized spacial score (nSPS) is 28.7. The van der Waals surface area contributed by atoms with E-state index in [0.29, 0.717) is 38.3 Å². The van der Waals surface area contributed by atoms with Crippen LogP contribution in [0.3, 0.4) is 0 Å². The Kier molecular flexibility index (Phi) is 5.11. The molecule has 0 spiro atoms. The molecule has 6 nitrogen and oxygen atoms in total. The number of hydrogen-bond acceptors (Lipinski definition) is 4. The number of nitrogens with zero attached hydrogens (tertiary/aromatic N) is 2. The number of nitrogens with one attached hydrogen (secondary N) is 1. The van der Waals surface area contributed by atoms with E-state index in [1.165, 1.54) is 5.56 Å². The minimum Gasteiger partial charge on any atom is -0.449 e. The van der Waals surface area contributed by atoms with Gasteiger partial charge >= 0.3 is 6.09 Å². The van der Waals surface area contributed by atoms with Crippen molar-refractivity contribution in [2.45, 2.75) is 37.8 Å². The molecule has 3 fully saturated rings. The summed E-state index contributed by atoms with van der Waals surface area (Å²) in [6, 6.07) is 11.2. The van der Waals surface area contributed by atoms with Crippen molar-refractivity contribution in [1.82, 2.24) is 15.1 Å². The van der Waals surface area contributed by atoms with Crippen molar-refractivity contribution in [2.24, 2.45) is 5.92 Å². The van der Waals surface area contributed by atoms with Crippen LogP contribution >= 0.6 is 0 Å². The molecule has 3 aliphatic rings. The molecule has 2 amide bonds. The topological polar surface area (TPSA) is 61.9 Å². The fourth-order valence-electron chi connectivity index (χ4n) is 4.70. The summed E-state index contributed by atoms with van der Waals surface area (Å²) < 4.78 is 5.04. The van der Waals surface area contributed by atoms with Crippen molar-refractivity contribution >= 4 is 12.0 Å². The quantitative estimate of drug-likeness (QED) is 0.877. The van der Waals surface area contributed by atoms with E-state index in [2.05, 4.69) is 34.5 Å². The highest BCUT2D eigenvalue weighted by atomic mass is 16.6. The molecule has 3 saturated heterocycles. The molecule has 1 aromatic carbocycles. The van der Waals surface area contributed by atoms with Crippen LogP contribution in [0.5, 0.6) is 0 Å². The molecular weight excluding hydrogens is 330 g/mol. The van der Waals surface area contributed by atoms with E-state index in [-0.39, 0.29) is 17.9 Å². The van der Waals surface area contributed by atoms with Crippen LogP contribution in [0.4, 0.5) is 4.79 Å². The number of ether oxygens (including phenoxy) is 1. The van der Waals surface area contributed by atoms with Gasteiger partial charge in [-0.3, -0.25) is 9.69 Å². The number of benzene rings is 1. The number of carbonyl (C=O) groups excluding carboxylic acids is 2. The lowest BCUT2D eigenvalue weighted by atomic mass is 9.93. The molecule has 6 heteroatoms. The van der Waals surface area contributed by atoms with Crippen LogP contribution in [0, 0.1) is 5.92 Å². The second-order valence-electron chi connectivity index (χ2n) is 7.46. The molecule has 0 bridgehead atoms. The molecule has 0 saturated carbocycles. The first-order valence-electron chi connectivity index (χ1n) is 9.74. The van der Waals surface area contributed by atoms with Gasteiger partial charge in [0.1, 0.15) is 0 Å². The maximum absolute atomic E-state index is 12.8. The zero-order valence-corrected chi connectivity index (χ0v) is 15.1. The molecule has 1 N–H and O–H groups in total. The van der Waals surface area contributed by atoms with E-state index in [1.807, 2.05) is 6.07 Å².